The normalized spacial score (nSPS) is 11.6. The molecule has 0 spiro atoms. The standard InChI is InChI=1S/C17H15BrClNO3/c1-11(12-4-8-15(19)9-5-12)20-16(21)10-23-17(22)13-2-6-14(18)7-3-13/h2-9,11H,10H2,1H3,(H,20,21)/t11-/m0/s1. The number of halogens is 2. The van der Waals surface area contributed by atoms with Crippen LogP contribution in [0.4, 0.5) is 0 Å². The van der Waals surface area contributed by atoms with Crippen LogP contribution in [0.2, 0.25) is 5.02 Å². The van der Waals surface area contributed by atoms with E-state index in [1.165, 1.54) is 0 Å². The van der Waals surface area contributed by atoms with Gasteiger partial charge in [-0.1, -0.05) is 39.7 Å². The van der Waals surface area contributed by atoms with E-state index in [9.17, 15) is 9.59 Å². The third kappa shape index (κ3) is 5.37. The van der Waals surface area contributed by atoms with Crippen LogP contribution in [-0.4, -0.2) is 18.5 Å². The average molecular weight is 397 g/mol. The molecular formula is C17H15BrClNO3. The minimum atomic E-state index is -0.535. The molecule has 0 aliphatic carbocycles. The summed E-state index contributed by atoms with van der Waals surface area (Å²) in [5.74, 6) is -0.898. The maximum Gasteiger partial charge on any atom is 0.338 e. The Morgan fingerprint density at radius 2 is 1.74 bits per heavy atom. The van der Waals surface area contributed by atoms with Crippen LogP contribution in [0.15, 0.2) is 53.0 Å². The van der Waals surface area contributed by atoms with E-state index in [1.807, 2.05) is 19.1 Å². The van der Waals surface area contributed by atoms with Gasteiger partial charge in [-0.25, -0.2) is 4.79 Å². The molecule has 0 unspecified atom stereocenters. The van der Waals surface area contributed by atoms with Gasteiger partial charge in [0, 0.05) is 9.50 Å². The van der Waals surface area contributed by atoms with E-state index in [2.05, 4.69) is 21.2 Å². The predicted molar refractivity (Wildman–Crippen MR) is 92.4 cm³/mol. The molecule has 120 valence electrons. The second-order valence-electron chi connectivity index (χ2n) is 4.92. The zero-order valence-electron chi connectivity index (χ0n) is 12.4. The van der Waals surface area contributed by atoms with Crippen LogP contribution in [0.1, 0.15) is 28.9 Å². The van der Waals surface area contributed by atoms with Crippen LogP contribution in [0.5, 0.6) is 0 Å². The smallest absolute Gasteiger partial charge is 0.338 e. The predicted octanol–water partition coefficient (Wildman–Crippen LogP) is 4.14. The van der Waals surface area contributed by atoms with Gasteiger partial charge in [-0.3, -0.25) is 4.79 Å². The third-order valence-corrected chi connectivity index (χ3v) is 3.94. The van der Waals surface area contributed by atoms with Gasteiger partial charge < -0.3 is 10.1 Å². The molecule has 0 bridgehead atoms. The lowest BCUT2D eigenvalue weighted by Crippen LogP contribution is -2.31. The minimum absolute atomic E-state index is 0.203. The Balaban J connectivity index is 1.83. The molecule has 0 aromatic heterocycles. The molecule has 1 N–H and O–H groups in total. The number of benzene rings is 2. The molecule has 6 heteroatoms. The van der Waals surface area contributed by atoms with E-state index in [4.69, 9.17) is 16.3 Å². The lowest BCUT2D eigenvalue weighted by Gasteiger charge is -2.14. The van der Waals surface area contributed by atoms with Crippen LogP contribution in [0, 0.1) is 0 Å². The zero-order chi connectivity index (χ0) is 16.8. The van der Waals surface area contributed by atoms with Gasteiger partial charge in [0.05, 0.1) is 11.6 Å². The van der Waals surface area contributed by atoms with Crippen LogP contribution < -0.4 is 5.32 Å². The van der Waals surface area contributed by atoms with Crippen molar-refractivity contribution < 1.29 is 14.3 Å². The van der Waals surface area contributed by atoms with E-state index < -0.39 is 5.97 Å². The fourth-order valence-corrected chi connectivity index (χ4v) is 2.31. The van der Waals surface area contributed by atoms with Gasteiger partial charge in [-0.2, -0.15) is 0 Å². The molecule has 2 aromatic rings. The Morgan fingerprint density at radius 3 is 2.35 bits per heavy atom. The number of rotatable bonds is 5. The van der Waals surface area contributed by atoms with Crippen LogP contribution >= 0.6 is 27.5 Å². The van der Waals surface area contributed by atoms with Crippen molar-refractivity contribution in [2.24, 2.45) is 0 Å². The van der Waals surface area contributed by atoms with Crippen LogP contribution in [0.25, 0.3) is 0 Å². The van der Waals surface area contributed by atoms with Crippen molar-refractivity contribution >= 4 is 39.4 Å². The minimum Gasteiger partial charge on any atom is -0.452 e. The Morgan fingerprint density at radius 1 is 1.13 bits per heavy atom. The number of carbonyl (C=O) groups is 2. The highest BCUT2D eigenvalue weighted by Crippen LogP contribution is 2.16. The molecule has 2 aromatic carbocycles. The molecular weight excluding hydrogens is 382 g/mol. The van der Waals surface area contributed by atoms with E-state index >= 15 is 0 Å². The van der Waals surface area contributed by atoms with Gasteiger partial charge in [0.15, 0.2) is 6.61 Å². The maximum absolute atomic E-state index is 11.9. The third-order valence-electron chi connectivity index (χ3n) is 3.16. The SMILES string of the molecule is C[C@H](NC(=O)COC(=O)c1ccc(Br)cc1)c1ccc(Cl)cc1. The average Bonchev–Trinajstić information content (AvgIpc) is 2.54. The first-order valence-electron chi connectivity index (χ1n) is 6.93. The van der Waals surface area contributed by atoms with Crippen molar-refractivity contribution in [3.8, 4) is 0 Å². The second kappa shape index (κ2) is 8.13. The van der Waals surface area contributed by atoms with Crippen molar-refractivity contribution in [3.05, 3.63) is 69.2 Å². The molecule has 1 amide bonds. The lowest BCUT2D eigenvalue weighted by atomic mass is 10.1. The highest BCUT2D eigenvalue weighted by molar-refractivity contribution is 9.10. The Bertz CT molecular complexity index is 686. The van der Waals surface area contributed by atoms with Gasteiger partial charge >= 0.3 is 5.97 Å². The number of amides is 1. The first-order chi connectivity index (χ1) is 11.0. The number of hydrogen-bond donors (Lipinski definition) is 1. The molecule has 1 atom stereocenters. The number of carbonyl (C=O) groups excluding carboxylic acids is 2. The summed E-state index contributed by atoms with van der Waals surface area (Å²) in [5, 5.41) is 3.40. The maximum atomic E-state index is 11.9. The molecule has 0 aliphatic heterocycles. The molecule has 0 fully saturated rings. The summed E-state index contributed by atoms with van der Waals surface area (Å²) in [7, 11) is 0. The monoisotopic (exact) mass is 395 g/mol. The van der Waals surface area contributed by atoms with E-state index in [1.54, 1.807) is 36.4 Å². The molecule has 0 radical (unpaired) electrons. The van der Waals surface area contributed by atoms with Gasteiger partial charge in [-0.05, 0) is 48.9 Å². The van der Waals surface area contributed by atoms with Crippen molar-refractivity contribution in [3.63, 3.8) is 0 Å². The summed E-state index contributed by atoms with van der Waals surface area (Å²) < 4.78 is 5.86. The molecule has 4 nitrogen and oxygen atoms in total. The van der Waals surface area contributed by atoms with Crippen molar-refractivity contribution in [2.75, 3.05) is 6.61 Å². The second-order valence-corrected chi connectivity index (χ2v) is 6.28. The van der Waals surface area contributed by atoms with Crippen molar-refractivity contribution in [1.82, 2.24) is 5.32 Å². The topological polar surface area (TPSA) is 55.4 Å². The van der Waals surface area contributed by atoms with Crippen molar-refractivity contribution in [2.45, 2.75) is 13.0 Å². The quantitative estimate of drug-likeness (QED) is 0.773. The van der Waals surface area contributed by atoms with E-state index in [0.717, 1.165) is 10.0 Å². The van der Waals surface area contributed by atoms with Gasteiger partial charge in [0.25, 0.3) is 5.91 Å². The number of hydrogen-bond acceptors (Lipinski definition) is 3. The fourth-order valence-electron chi connectivity index (χ4n) is 1.92. The number of nitrogens with one attached hydrogen (secondary N) is 1. The molecule has 0 saturated carbocycles. The van der Waals surface area contributed by atoms with Crippen molar-refractivity contribution in [1.29, 1.82) is 0 Å². The van der Waals surface area contributed by atoms with E-state index in [0.29, 0.717) is 10.6 Å². The van der Waals surface area contributed by atoms with E-state index in [-0.39, 0.29) is 18.6 Å². The molecule has 0 saturated heterocycles. The van der Waals surface area contributed by atoms with Crippen LogP contribution in [0.3, 0.4) is 0 Å². The summed E-state index contributed by atoms with van der Waals surface area (Å²) in [5.41, 5.74) is 1.31. The number of esters is 1. The Kier molecular flexibility index (Phi) is 6.19. The Hall–Kier alpha value is -1.85. The van der Waals surface area contributed by atoms with Gasteiger partial charge in [0.1, 0.15) is 0 Å². The molecule has 0 heterocycles. The Labute approximate surface area is 147 Å². The summed E-state index contributed by atoms with van der Waals surface area (Å²) in [4.78, 5) is 23.7. The fraction of sp³-hybridized carbons (Fsp3) is 0.176. The first-order valence-corrected chi connectivity index (χ1v) is 8.10. The van der Waals surface area contributed by atoms with Crippen LogP contribution in [-0.2, 0) is 9.53 Å². The largest absolute Gasteiger partial charge is 0.452 e. The molecule has 23 heavy (non-hydrogen) atoms. The molecule has 0 aliphatic rings. The zero-order valence-corrected chi connectivity index (χ0v) is 14.7. The number of ether oxygens (including phenoxy) is 1. The summed E-state index contributed by atoms with van der Waals surface area (Å²) >= 11 is 9.11. The first kappa shape index (κ1) is 17.5. The van der Waals surface area contributed by atoms with Gasteiger partial charge in [-0.15, -0.1) is 0 Å². The molecule has 2 rings (SSSR count). The summed E-state index contributed by atoms with van der Waals surface area (Å²) in [6.07, 6.45) is 0. The highest BCUT2D eigenvalue weighted by Gasteiger charge is 2.13. The van der Waals surface area contributed by atoms with Gasteiger partial charge in [0.2, 0.25) is 0 Å². The highest BCUT2D eigenvalue weighted by atomic mass is 79.9. The summed E-state index contributed by atoms with van der Waals surface area (Å²) in [6.45, 7) is 1.52. The summed E-state index contributed by atoms with van der Waals surface area (Å²) in [6, 6.07) is 13.7. The lowest BCUT2D eigenvalue weighted by molar-refractivity contribution is -0.124.